The predicted octanol–water partition coefficient (Wildman–Crippen LogP) is 20.5. The molecule has 0 saturated heterocycles. The van der Waals surface area contributed by atoms with Gasteiger partial charge in [-0.05, 0) is 264 Å². The van der Waals surface area contributed by atoms with Gasteiger partial charge in [-0.25, -0.2) is 18.3 Å². The van der Waals surface area contributed by atoms with Crippen molar-refractivity contribution in [3.63, 3.8) is 0 Å². The van der Waals surface area contributed by atoms with Gasteiger partial charge in [-0.2, -0.15) is 0 Å². The number of rotatable bonds is 6. The van der Waals surface area contributed by atoms with Gasteiger partial charge in [0.1, 0.15) is 28.2 Å². The van der Waals surface area contributed by atoms with Crippen molar-refractivity contribution in [2.45, 2.75) is 135 Å². The van der Waals surface area contributed by atoms with Crippen LogP contribution in [-0.2, 0) is 60.2 Å². The highest BCUT2D eigenvalue weighted by atomic mass is 14.9. The molecular formula is C93H98N4+4. The van der Waals surface area contributed by atoms with Crippen molar-refractivity contribution in [3.05, 3.63) is 306 Å². The number of pyridine rings is 4. The zero-order valence-electron chi connectivity index (χ0n) is 66.2. The van der Waals surface area contributed by atoms with E-state index >= 15 is 0 Å². The van der Waals surface area contributed by atoms with E-state index in [9.17, 15) is 0 Å². The van der Waals surface area contributed by atoms with E-state index in [1.54, 1.807) is 12.3 Å². The first-order valence-electron chi connectivity index (χ1n) is 37.5. The fraction of sp³-hybridized carbons (Fsp3) is 0.269. The monoisotopic (exact) mass is 1280 g/mol. The molecule has 0 radical (unpaired) electrons. The first-order valence-corrected chi connectivity index (χ1v) is 34.5. The van der Waals surface area contributed by atoms with Gasteiger partial charge in [0.05, 0.1) is 0 Å². The van der Waals surface area contributed by atoms with Crippen LogP contribution in [0.3, 0.4) is 0 Å². The molecule has 0 spiro atoms. The minimum absolute atomic E-state index is 0.366. The molecule has 4 nitrogen and oxygen atoms in total. The Kier molecular flexibility index (Phi) is 16.0. The number of aromatic nitrogens is 4. The summed E-state index contributed by atoms with van der Waals surface area (Å²) in [6, 6.07) is 63.3. The van der Waals surface area contributed by atoms with Crippen molar-refractivity contribution in [2.24, 2.45) is 33.6 Å². The van der Waals surface area contributed by atoms with Crippen LogP contribution in [0.15, 0.2) is 201 Å². The SMILES string of the molecule is Cc1ccc2c(c1)Cc1c-2ccc(-c2cccc[n+]2C)c1C.[2H]C(C)(C)c1c[n+](C)c(-c2ccc3c(c2C)Cc2ccccc2-3)cc1C.[2H]C([2H])([2H])c1ccc(-c2ccc3c(c2C)Cc2cc(C)ccc2-3)[n+](C)c1.[2H]C([2H])(c1c[n+](C)c(-c2ccc3c(c2C)Cc2ccccc2-3)cc1C)C(C)(C)C. The maximum atomic E-state index is 8.70. The Hall–Kier alpha value is -9.64. The molecule has 4 aromatic heterocycles. The number of benzene rings is 8. The largest absolute Gasteiger partial charge is 0.212 e. The Labute approximate surface area is 587 Å². The Balaban J connectivity index is 0.000000123. The summed E-state index contributed by atoms with van der Waals surface area (Å²) in [5.74, 6) is -0.588. The molecule has 12 aromatic rings. The molecule has 4 aliphatic rings. The highest BCUT2D eigenvalue weighted by Gasteiger charge is 2.30. The topological polar surface area (TPSA) is 15.5 Å². The standard InChI is InChI=1S/C26H30N.C24H26N.C22H22N.C21H20N/c1-17-13-25(27(6)16-20(17)15-26(3,4)5)21-11-12-23-22-10-8-7-9-19(22)14-24(23)18(21)2;1-15(2)23-14-25(5)24(12-16(23)3)19-10-11-21-20-9-7-6-8-18(20)13-22(21)17(19)4;1-14-5-7-19-17(11-14)12-21-16(3)18(8-9-20(19)21)22-10-6-15(2)13-23(22)4;1-14-7-8-18-16(12-14)13-20-15(2)17(9-10-19(18)20)21-6-4-5-11-22(21)3/h7-13,16H,14-15H2,1-6H3;6-12,14-15H,13H2,1-5H3;5-11,13H,12H2,1-4H3;4-12H,13H2,1-3H3/q4*+1/i15D2;15D;2D3;. The highest BCUT2D eigenvalue weighted by Crippen LogP contribution is 2.46. The van der Waals surface area contributed by atoms with Crippen LogP contribution in [-0.4, -0.2) is 0 Å². The number of hydrogen-bond acceptors (Lipinski definition) is 0. The van der Waals surface area contributed by atoms with Crippen molar-refractivity contribution in [1.29, 1.82) is 0 Å². The maximum Gasteiger partial charge on any atom is 0.212 e. The van der Waals surface area contributed by atoms with Gasteiger partial charge in [0, 0.05) is 77.5 Å². The van der Waals surface area contributed by atoms with Gasteiger partial charge in [0.2, 0.25) is 22.8 Å². The van der Waals surface area contributed by atoms with Crippen LogP contribution < -0.4 is 18.3 Å². The molecule has 0 amide bonds. The van der Waals surface area contributed by atoms with Crippen molar-refractivity contribution >= 4 is 0 Å². The van der Waals surface area contributed by atoms with E-state index in [0.717, 1.165) is 59.3 Å². The van der Waals surface area contributed by atoms with Crippen molar-refractivity contribution in [1.82, 2.24) is 0 Å². The fourth-order valence-corrected chi connectivity index (χ4v) is 15.7. The van der Waals surface area contributed by atoms with Gasteiger partial charge in [0.15, 0.2) is 24.8 Å². The van der Waals surface area contributed by atoms with Crippen LogP contribution in [0.4, 0.5) is 0 Å². The van der Waals surface area contributed by atoms with E-state index in [0.29, 0.717) is 5.56 Å². The summed E-state index contributed by atoms with van der Waals surface area (Å²) < 4.78 is 57.0. The van der Waals surface area contributed by atoms with Crippen LogP contribution in [0.2, 0.25) is 0 Å². The first-order chi connectivity index (χ1) is 48.7. The van der Waals surface area contributed by atoms with E-state index in [-0.39, 0.29) is 0 Å². The molecule has 0 atom stereocenters. The van der Waals surface area contributed by atoms with Crippen molar-refractivity contribution in [2.75, 3.05) is 0 Å². The molecule has 0 saturated carbocycles. The van der Waals surface area contributed by atoms with E-state index < -0.39 is 24.5 Å². The summed E-state index contributed by atoms with van der Waals surface area (Å²) in [6.07, 6.45) is 10.6. The Bertz CT molecular complexity index is 5410. The summed E-state index contributed by atoms with van der Waals surface area (Å²) in [5.41, 5.74) is 43.9. The molecule has 16 rings (SSSR count). The molecule has 0 fully saturated rings. The zero-order chi connectivity index (χ0) is 73.7. The lowest BCUT2D eigenvalue weighted by molar-refractivity contribution is -0.661. The van der Waals surface area contributed by atoms with Gasteiger partial charge in [-0.3, -0.25) is 0 Å². The summed E-state index contributed by atoms with van der Waals surface area (Å²) >= 11 is 0. The third-order valence-electron chi connectivity index (χ3n) is 20.9. The van der Waals surface area contributed by atoms with Crippen molar-refractivity contribution in [3.8, 4) is 89.5 Å². The van der Waals surface area contributed by atoms with Crippen LogP contribution in [0.5, 0.6) is 0 Å². The molecule has 4 aliphatic carbocycles. The molecule has 4 heterocycles. The summed E-state index contributed by atoms with van der Waals surface area (Å²) in [5, 5.41) is 0. The van der Waals surface area contributed by atoms with Gasteiger partial charge >= 0.3 is 0 Å². The second-order valence-corrected chi connectivity index (χ2v) is 29.1. The van der Waals surface area contributed by atoms with Gasteiger partial charge in [-0.15, -0.1) is 0 Å². The minimum Gasteiger partial charge on any atom is -0.201 e. The smallest absolute Gasteiger partial charge is 0.201 e. The molecule has 0 aliphatic heterocycles. The lowest BCUT2D eigenvalue weighted by atomic mass is 9.86. The van der Waals surface area contributed by atoms with E-state index in [1.165, 1.54) is 156 Å². The minimum atomic E-state index is -2.08. The highest BCUT2D eigenvalue weighted by molar-refractivity contribution is 5.86. The Morgan fingerprint density at radius 2 is 0.742 bits per heavy atom. The number of nitrogens with zero attached hydrogens (tertiary/aromatic N) is 4. The van der Waals surface area contributed by atoms with E-state index in [2.05, 4.69) is 252 Å². The average molecular weight is 1280 g/mol. The van der Waals surface area contributed by atoms with Crippen molar-refractivity contribution < 1.29 is 26.5 Å². The second kappa shape index (κ2) is 26.4. The fourth-order valence-electron chi connectivity index (χ4n) is 15.7. The summed E-state index contributed by atoms with van der Waals surface area (Å²) in [4.78, 5) is 0. The van der Waals surface area contributed by atoms with E-state index in [1.807, 2.05) is 72.5 Å². The maximum absolute atomic E-state index is 8.70. The Morgan fingerprint density at radius 3 is 1.19 bits per heavy atom. The molecule has 8 aromatic carbocycles. The quantitative estimate of drug-likeness (QED) is 0.148. The van der Waals surface area contributed by atoms with Crippen LogP contribution >= 0.6 is 0 Å². The third kappa shape index (κ3) is 12.8. The molecule has 0 bridgehead atoms. The van der Waals surface area contributed by atoms with Gasteiger partial charge in [0.25, 0.3) is 0 Å². The molecular weight excluding hydrogens is 1170 g/mol. The van der Waals surface area contributed by atoms with Gasteiger partial charge in [-0.1, -0.05) is 155 Å². The van der Waals surface area contributed by atoms with Crippen LogP contribution in [0, 0.1) is 67.7 Å². The number of fused-ring (bicyclic) bond motifs is 12. The lowest BCUT2D eigenvalue weighted by Crippen LogP contribution is -2.32. The predicted molar refractivity (Wildman–Crippen MR) is 405 cm³/mol. The summed E-state index contributed by atoms with van der Waals surface area (Å²) in [6.45, 7) is 25.1. The molecule has 486 valence electrons. The molecule has 97 heavy (non-hydrogen) atoms. The molecule has 0 unspecified atom stereocenters. The van der Waals surface area contributed by atoms with E-state index in [4.69, 9.17) is 8.22 Å². The third-order valence-corrected chi connectivity index (χ3v) is 20.9. The first kappa shape index (κ1) is 58.7. The van der Waals surface area contributed by atoms with Crippen LogP contribution in [0.1, 0.15) is 154 Å². The summed E-state index contributed by atoms with van der Waals surface area (Å²) in [7, 11) is 8.14. The zero-order valence-corrected chi connectivity index (χ0v) is 60.2. The Morgan fingerprint density at radius 1 is 0.371 bits per heavy atom. The average Bonchev–Trinajstić information content (AvgIpc) is 1.75. The lowest BCUT2D eigenvalue weighted by Gasteiger charge is -2.19. The second-order valence-electron chi connectivity index (χ2n) is 29.1. The van der Waals surface area contributed by atoms with Crippen LogP contribution in [0.25, 0.3) is 89.5 Å². The molecule has 4 heteroatoms. The van der Waals surface area contributed by atoms with Gasteiger partial charge < -0.3 is 0 Å². The number of aryl methyl sites for hydroxylation is 9. The normalized spacial score (nSPS) is 13.7. The number of hydrogen-bond donors (Lipinski definition) is 0. The molecule has 0 N–H and O–H groups in total.